The van der Waals surface area contributed by atoms with Crippen LogP contribution in [0.15, 0.2) is 18.2 Å². The number of hydrogen-bond donors (Lipinski definition) is 1. The average Bonchev–Trinajstić information content (AvgIpc) is 2.79. The summed E-state index contributed by atoms with van der Waals surface area (Å²) in [5.74, 6) is 0.750. The van der Waals surface area contributed by atoms with Crippen LogP contribution >= 0.6 is 0 Å². The molecule has 0 spiro atoms. The summed E-state index contributed by atoms with van der Waals surface area (Å²) in [6.07, 6.45) is 0.928. The molecular weight excluding hydrogens is 284 g/mol. The largest absolute Gasteiger partial charge is 0.497 e. The molecule has 1 aromatic carbocycles. The fourth-order valence-corrected chi connectivity index (χ4v) is 2.71. The van der Waals surface area contributed by atoms with Gasteiger partial charge in [0.15, 0.2) is 0 Å². The van der Waals surface area contributed by atoms with Gasteiger partial charge < -0.3 is 19.5 Å². The quantitative estimate of drug-likeness (QED) is 0.893. The molecule has 1 atom stereocenters. The van der Waals surface area contributed by atoms with Crippen molar-refractivity contribution in [2.45, 2.75) is 19.4 Å². The van der Waals surface area contributed by atoms with Crippen molar-refractivity contribution in [2.75, 3.05) is 45.3 Å². The van der Waals surface area contributed by atoms with Gasteiger partial charge in [0.05, 0.1) is 14.2 Å². The first kappa shape index (κ1) is 16.4. The van der Waals surface area contributed by atoms with Gasteiger partial charge in [-0.25, -0.2) is 0 Å². The maximum Gasteiger partial charge on any atom is 0.320 e. The minimum absolute atomic E-state index is 0.445. The monoisotopic (exact) mass is 308 g/mol. The van der Waals surface area contributed by atoms with Gasteiger partial charge in [0.25, 0.3) is 0 Å². The van der Waals surface area contributed by atoms with Crippen molar-refractivity contribution in [2.24, 2.45) is 0 Å². The van der Waals surface area contributed by atoms with Crippen molar-refractivity contribution in [3.63, 3.8) is 0 Å². The lowest BCUT2D eigenvalue weighted by Crippen LogP contribution is -2.41. The molecule has 0 amide bonds. The molecule has 0 saturated carbocycles. The second-order valence-electron chi connectivity index (χ2n) is 5.46. The molecule has 1 aliphatic heterocycles. The summed E-state index contributed by atoms with van der Waals surface area (Å²) >= 11 is 0. The molecule has 0 radical (unpaired) electrons. The van der Waals surface area contributed by atoms with Gasteiger partial charge >= 0.3 is 5.97 Å². The molecule has 0 aromatic heterocycles. The van der Waals surface area contributed by atoms with Crippen molar-refractivity contribution in [1.29, 1.82) is 0 Å². The van der Waals surface area contributed by atoms with Gasteiger partial charge in [0.2, 0.25) is 0 Å². The number of nitrogens with zero attached hydrogens (tertiary/aromatic N) is 2. The zero-order chi connectivity index (χ0) is 16.1. The summed E-state index contributed by atoms with van der Waals surface area (Å²) in [7, 11) is 3.27. The van der Waals surface area contributed by atoms with E-state index in [-0.39, 0.29) is 0 Å². The summed E-state index contributed by atoms with van der Waals surface area (Å²) in [6, 6.07) is 5.37. The van der Waals surface area contributed by atoms with Crippen LogP contribution in [0.25, 0.3) is 0 Å². The molecule has 1 aliphatic rings. The van der Waals surface area contributed by atoms with E-state index in [0.29, 0.717) is 0 Å². The van der Waals surface area contributed by atoms with Crippen LogP contribution in [0.1, 0.15) is 13.3 Å². The normalized spacial score (nSPS) is 17.7. The van der Waals surface area contributed by atoms with Crippen LogP contribution < -0.4 is 14.4 Å². The van der Waals surface area contributed by atoms with Crippen LogP contribution in [-0.4, -0.2) is 62.4 Å². The summed E-state index contributed by atoms with van der Waals surface area (Å²) in [6.45, 7) is 4.94. The zero-order valence-electron chi connectivity index (χ0n) is 13.4. The van der Waals surface area contributed by atoms with E-state index in [1.807, 2.05) is 23.1 Å². The van der Waals surface area contributed by atoms with E-state index < -0.39 is 12.0 Å². The lowest BCUT2D eigenvalue weighted by atomic mass is 10.2. The highest BCUT2D eigenvalue weighted by atomic mass is 16.5. The Kier molecular flexibility index (Phi) is 5.49. The lowest BCUT2D eigenvalue weighted by molar-refractivity contribution is -0.142. The first-order chi connectivity index (χ1) is 10.5. The van der Waals surface area contributed by atoms with Crippen LogP contribution in [0.2, 0.25) is 0 Å². The van der Waals surface area contributed by atoms with Gasteiger partial charge in [-0.3, -0.25) is 9.69 Å². The minimum atomic E-state index is -0.767. The third-order valence-corrected chi connectivity index (χ3v) is 4.14. The maximum atomic E-state index is 11.1. The molecular formula is C16H24N2O4. The highest BCUT2D eigenvalue weighted by molar-refractivity contribution is 5.72. The van der Waals surface area contributed by atoms with E-state index in [1.165, 1.54) is 0 Å². The molecule has 1 unspecified atom stereocenters. The molecule has 1 fully saturated rings. The van der Waals surface area contributed by atoms with Gasteiger partial charge in [-0.15, -0.1) is 0 Å². The number of methoxy groups -OCH3 is 2. The number of carboxylic acid groups (broad SMARTS) is 1. The van der Waals surface area contributed by atoms with Gasteiger partial charge in [0.1, 0.15) is 17.5 Å². The molecule has 22 heavy (non-hydrogen) atoms. The first-order valence-electron chi connectivity index (χ1n) is 7.50. The fraction of sp³-hybridized carbons (Fsp3) is 0.562. The Morgan fingerprint density at radius 1 is 1.09 bits per heavy atom. The van der Waals surface area contributed by atoms with Crippen LogP contribution in [0.5, 0.6) is 11.5 Å². The Morgan fingerprint density at radius 2 is 1.73 bits per heavy atom. The topological polar surface area (TPSA) is 62.2 Å². The molecule has 6 heteroatoms. The van der Waals surface area contributed by atoms with E-state index in [1.54, 1.807) is 21.1 Å². The standard InChI is InChI=1S/C16H24N2O4/c1-12(16(19)20)17-5-4-6-18(8-7-17)13-9-14(21-2)11-15(10-13)22-3/h9-12H,4-8H2,1-3H3,(H,19,20). The number of carbonyl (C=O) groups is 1. The number of hydrogen-bond acceptors (Lipinski definition) is 5. The van der Waals surface area contributed by atoms with Gasteiger partial charge in [-0.1, -0.05) is 0 Å². The van der Waals surface area contributed by atoms with Crippen molar-refractivity contribution >= 4 is 11.7 Å². The smallest absolute Gasteiger partial charge is 0.320 e. The molecule has 0 bridgehead atoms. The molecule has 1 saturated heterocycles. The Bertz CT molecular complexity index is 499. The van der Waals surface area contributed by atoms with Crippen LogP contribution in [-0.2, 0) is 4.79 Å². The average molecular weight is 308 g/mol. The Morgan fingerprint density at radius 3 is 2.27 bits per heavy atom. The van der Waals surface area contributed by atoms with Crippen molar-refractivity contribution < 1.29 is 19.4 Å². The lowest BCUT2D eigenvalue weighted by Gasteiger charge is -2.26. The van der Waals surface area contributed by atoms with Gasteiger partial charge in [0, 0.05) is 50.1 Å². The Balaban J connectivity index is 2.12. The van der Waals surface area contributed by atoms with Crippen LogP contribution in [0.4, 0.5) is 5.69 Å². The third-order valence-electron chi connectivity index (χ3n) is 4.14. The Labute approximate surface area is 131 Å². The maximum absolute atomic E-state index is 11.1. The minimum Gasteiger partial charge on any atom is -0.497 e. The second kappa shape index (κ2) is 7.35. The number of rotatable bonds is 5. The highest BCUT2D eigenvalue weighted by Gasteiger charge is 2.23. The molecule has 122 valence electrons. The SMILES string of the molecule is COc1cc(OC)cc(N2CCCN(C(C)C(=O)O)CC2)c1. The van der Waals surface area contributed by atoms with Crippen LogP contribution in [0.3, 0.4) is 0 Å². The molecule has 1 N–H and O–H groups in total. The zero-order valence-corrected chi connectivity index (χ0v) is 13.4. The molecule has 2 rings (SSSR count). The van der Waals surface area contributed by atoms with Crippen LogP contribution in [0, 0.1) is 0 Å². The molecule has 1 heterocycles. The number of ether oxygens (including phenoxy) is 2. The van der Waals surface area contributed by atoms with Crippen molar-refractivity contribution in [3.05, 3.63) is 18.2 Å². The first-order valence-corrected chi connectivity index (χ1v) is 7.50. The number of aliphatic carboxylic acids is 1. The number of anilines is 1. The van der Waals surface area contributed by atoms with E-state index in [2.05, 4.69) is 4.90 Å². The summed E-state index contributed by atoms with van der Waals surface area (Å²) in [4.78, 5) is 15.4. The van der Waals surface area contributed by atoms with Gasteiger partial charge in [-0.2, -0.15) is 0 Å². The number of carboxylic acids is 1. The molecule has 6 nitrogen and oxygen atoms in total. The van der Waals surface area contributed by atoms with E-state index in [4.69, 9.17) is 14.6 Å². The molecule has 1 aromatic rings. The molecule has 0 aliphatic carbocycles. The second-order valence-corrected chi connectivity index (χ2v) is 5.46. The van der Waals surface area contributed by atoms with E-state index in [0.717, 1.165) is 49.8 Å². The van der Waals surface area contributed by atoms with E-state index in [9.17, 15) is 4.79 Å². The Hall–Kier alpha value is -1.95. The fourth-order valence-electron chi connectivity index (χ4n) is 2.71. The third kappa shape index (κ3) is 3.82. The van der Waals surface area contributed by atoms with Gasteiger partial charge in [-0.05, 0) is 13.3 Å². The highest BCUT2D eigenvalue weighted by Crippen LogP contribution is 2.29. The van der Waals surface area contributed by atoms with Crippen molar-refractivity contribution in [3.8, 4) is 11.5 Å². The van der Waals surface area contributed by atoms with E-state index >= 15 is 0 Å². The number of benzene rings is 1. The summed E-state index contributed by atoms with van der Waals surface area (Å²) < 4.78 is 10.6. The summed E-state index contributed by atoms with van der Waals surface area (Å²) in [5, 5.41) is 9.16. The predicted molar refractivity (Wildman–Crippen MR) is 85.0 cm³/mol. The summed E-state index contributed by atoms with van der Waals surface area (Å²) in [5.41, 5.74) is 1.04. The predicted octanol–water partition coefficient (Wildman–Crippen LogP) is 1.69. The van der Waals surface area contributed by atoms with Crippen molar-refractivity contribution in [1.82, 2.24) is 4.90 Å².